The monoisotopic (exact) mass is 283 g/mol. The van der Waals surface area contributed by atoms with E-state index in [9.17, 15) is 0 Å². The second kappa shape index (κ2) is 6.10. The zero-order valence-corrected chi connectivity index (χ0v) is 12.6. The van der Waals surface area contributed by atoms with Crippen molar-refractivity contribution in [3.05, 3.63) is 48.2 Å². The number of fused-ring (bicyclic) bond motifs is 1. The third kappa shape index (κ3) is 2.97. The molecule has 110 valence electrons. The lowest BCUT2D eigenvalue weighted by Gasteiger charge is -2.07. The molecule has 1 N–H and O–H groups in total. The van der Waals surface area contributed by atoms with Gasteiger partial charge in [0.2, 0.25) is 0 Å². The molecular weight excluding hydrogens is 262 g/mol. The van der Waals surface area contributed by atoms with Gasteiger partial charge in [0.05, 0.1) is 6.54 Å². The van der Waals surface area contributed by atoms with E-state index in [1.54, 1.807) is 6.33 Å². The summed E-state index contributed by atoms with van der Waals surface area (Å²) in [7, 11) is 1.92. The minimum atomic E-state index is 0.743. The summed E-state index contributed by atoms with van der Waals surface area (Å²) in [6.45, 7) is 4.92. The van der Waals surface area contributed by atoms with E-state index in [0.29, 0.717) is 0 Å². The fraction of sp³-hybridized carbons (Fsp3) is 0.375. The minimum Gasteiger partial charge on any atom is -0.340 e. The molecule has 0 radical (unpaired) electrons. The highest BCUT2D eigenvalue weighted by atomic mass is 15.3. The van der Waals surface area contributed by atoms with E-state index in [4.69, 9.17) is 0 Å². The molecule has 3 rings (SSSR count). The summed E-state index contributed by atoms with van der Waals surface area (Å²) < 4.78 is 4.03. The van der Waals surface area contributed by atoms with Gasteiger partial charge in [-0.25, -0.2) is 4.98 Å². The molecule has 0 aliphatic rings. The van der Waals surface area contributed by atoms with Crippen LogP contribution in [0.1, 0.15) is 24.7 Å². The Morgan fingerprint density at radius 1 is 1.24 bits per heavy atom. The zero-order chi connectivity index (χ0) is 14.7. The smallest absolute Gasteiger partial charge is 0.146 e. The van der Waals surface area contributed by atoms with Gasteiger partial charge in [-0.05, 0) is 42.1 Å². The van der Waals surface area contributed by atoms with E-state index in [0.717, 1.165) is 31.9 Å². The Labute approximate surface area is 124 Å². The molecule has 0 atom stereocenters. The van der Waals surface area contributed by atoms with Gasteiger partial charge in [0.15, 0.2) is 0 Å². The lowest BCUT2D eigenvalue weighted by molar-refractivity contribution is 0.664. The van der Waals surface area contributed by atoms with Crippen molar-refractivity contribution in [1.29, 1.82) is 0 Å². The number of rotatable bonds is 6. The second-order valence-corrected chi connectivity index (χ2v) is 5.31. The fourth-order valence-corrected chi connectivity index (χ4v) is 2.52. The van der Waals surface area contributed by atoms with Crippen LogP contribution >= 0.6 is 0 Å². The van der Waals surface area contributed by atoms with Gasteiger partial charge in [0, 0.05) is 25.3 Å². The quantitative estimate of drug-likeness (QED) is 0.706. The number of aryl methyl sites for hydroxylation is 1. The van der Waals surface area contributed by atoms with Crippen LogP contribution in [0.25, 0.3) is 10.9 Å². The predicted octanol–water partition coefficient (Wildman–Crippen LogP) is 2.32. The van der Waals surface area contributed by atoms with Crippen LogP contribution in [-0.2, 0) is 20.1 Å². The molecule has 0 aliphatic heterocycles. The fourth-order valence-electron chi connectivity index (χ4n) is 2.52. The van der Waals surface area contributed by atoms with Crippen LogP contribution in [-0.4, -0.2) is 25.9 Å². The van der Waals surface area contributed by atoms with Crippen molar-refractivity contribution in [3.8, 4) is 0 Å². The van der Waals surface area contributed by atoms with Crippen molar-refractivity contribution < 1.29 is 0 Å². The first-order chi connectivity index (χ1) is 10.3. The van der Waals surface area contributed by atoms with Gasteiger partial charge in [-0.1, -0.05) is 13.0 Å². The van der Waals surface area contributed by atoms with E-state index in [2.05, 4.69) is 57.4 Å². The predicted molar refractivity (Wildman–Crippen MR) is 84.0 cm³/mol. The third-order valence-electron chi connectivity index (χ3n) is 3.71. The summed E-state index contributed by atoms with van der Waals surface area (Å²) in [4.78, 5) is 4.29. The van der Waals surface area contributed by atoms with Gasteiger partial charge in [0.25, 0.3) is 0 Å². The van der Waals surface area contributed by atoms with E-state index in [1.165, 1.54) is 16.5 Å². The van der Waals surface area contributed by atoms with Crippen LogP contribution in [0.5, 0.6) is 0 Å². The topological polar surface area (TPSA) is 47.7 Å². The average Bonchev–Trinajstić information content (AvgIpc) is 3.07. The summed E-state index contributed by atoms with van der Waals surface area (Å²) in [5, 5.41) is 8.83. The highest BCUT2D eigenvalue weighted by molar-refractivity contribution is 5.80. The molecule has 0 spiro atoms. The summed E-state index contributed by atoms with van der Waals surface area (Å²) in [6, 6.07) is 8.80. The van der Waals surface area contributed by atoms with Gasteiger partial charge in [0.1, 0.15) is 12.2 Å². The van der Waals surface area contributed by atoms with Crippen LogP contribution in [0.3, 0.4) is 0 Å². The Hall–Kier alpha value is -2.14. The molecule has 0 amide bonds. The van der Waals surface area contributed by atoms with E-state index >= 15 is 0 Å². The van der Waals surface area contributed by atoms with Crippen LogP contribution in [0.15, 0.2) is 36.8 Å². The van der Waals surface area contributed by atoms with Crippen LogP contribution in [0.4, 0.5) is 0 Å². The number of aromatic nitrogens is 4. The van der Waals surface area contributed by atoms with Crippen molar-refractivity contribution >= 4 is 10.9 Å². The van der Waals surface area contributed by atoms with Gasteiger partial charge in [-0.3, -0.25) is 4.68 Å². The molecule has 0 unspecified atom stereocenters. The first kappa shape index (κ1) is 13.8. The Bertz CT molecular complexity index is 725. The maximum atomic E-state index is 4.29. The summed E-state index contributed by atoms with van der Waals surface area (Å²) in [6.07, 6.45) is 4.87. The summed E-state index contributed by atoms with van der Waals surface area (Å²) in [5.74, 6) is 0.959. The Morgan fingerprint density at radius 2 is 2.14 bits per heavy atom. The molecule has 3 aromatic rings. The van der Waals surface area contributed by atoms with Crippen molar-refractivity contribution in [3.63, 3.8) is 0 Å². The SMILES string of the molecule is CCCNCc1ccc2c(ccn2Cc2ncnn2C)c1. The average molecular weight is 283 g/mol. The number of nitrogens with one attached hydrogen (secondary N) is 1. The van der Waals surface area contributed by atoms with Crippen molar-refractivity contribution in [2.24, 2.45) is 7.05 Å². The summed E-state index contributed by atoms with van der Waals surface area (Å²) in [5.41, 5.74) is 2.56. The molecule has 1 aromatic carbocycles. The highest BCUT2D eigenvalue weighted by Gasteiger charge is 2.06. The second-order valence-electron chi connectivity index (χ2n) is 5.31. The lowest BCUT2D eigenvalue weighted by atomic mass is 10.1. The third-order valence-corrected chi connectivity index (χ3v) is 3.71. The van der Waals surface area contributed by atoms with Gasteiger partial charge in [-0.2, -0.15) is 5.10 Å². The zero-order valence-electron chi connectivity index (χ0n) is 12.6. The molecule has 0 saturated carbocycles. The van der Waals surface area contributed by atoms with Gasteiger partial charge >= 0.3 is 0 Å². The van der Waals surface area contributed by atoms with E-state index in [1.807, 2.05) is 11.7 Å². The molecule has 2 heterocycles. The van der Waals surface area contributed by atoms with E-state index in [-0.39, 0.29) is 0 Å². The van der Waals surface area contributed by atoms with Gasteiger partial charge < -0.3 is 9.88 Å². The van der Waals surface area contributed by atoms with Crippen molar-refractivity contribution in [2.45, 2.75) is 26.4 Å². The molecule has 21 heavy (non-hydrogen) atoms. The number of hydrogen-bond donors (Lipinski definition) is 1. The van der Waals surface area contributed by atoms with Crippen LogP contribution in [0, 0.1) is 0 Å². The number of hydrogen-bond acceptors (Lipinski definition) is 3. The Kier molecular flexibility index (Phi) is 4.01. The molecule has 0 fully saturated rings. The minimum absolute atomic E-state index is 0.743. The maximum absolute atomic E-state index is 4.29. The maximum Gasteiger partial charge on any atom is 0.146 e. The highest BCUT2D eigenvalue weighted by Crippen LogP contribution is 2.18. The Morgan fingerprint density at radius 3 is 2.90 bits per heavy atom. The van der Waals surface area contributed by atoms with Crippen LogP contribution in [0.2, 0.25) is 0 Å². The lowest BCUT2D eigenvalue weighted by Crippen LogP contribution is -2.13. The molecular formula is C16H21N5. The van der Waals surface area contributed by atoms with Crippen molar-refractivity contribution in [2.75, 3.05) is 6.54 Å². The first-order valence-electron chi connectivity index (χ1n) is 7.39. The summed E-state index contributed by atoms with van der Waals surface area (Å²) >= 11 is 0. The molecule has 0 bridgehead atoms. The molecule has 0 aliphatic carbocycles. The Balaban J connectivity index is 1.81. The standard InChI is InChI=1S/C16H21N5/c1-3-7-17-10-13-4-5-15-14(9-13)6-8-21(15)11-16-18-12-19-20(16)2/h4-6,8-9,12,17H,3,7,10-11H2,1-2H3. The van der Waals surface area contributed by atoms with E-state index < -0.39 is 0 Å². The first-order valence-corrected chi connectivity index (χ1v) is 7.39. The van der Waals surface area contributed by atoms with Gasteiger partial charge in [-0.15, -0.1) is 0 Å². The molecule has 2 aromatic heterocycles. The van der Waals surface area contributed by atoms with Crippen molar-refractivity contribution in [1.82, 2.24) is 24.6 Å². The largest absolute Gasteiger partial charge is 0.340 e. The molecule has 5 heteroatoms. The number of benzene rings is 1. The van der Waals surface area contributed by atoms with Crippen LogP contribution < -0.4 is 5.32 Å². The normalized spacial score (nSPS) is 11.3. The molecule has 5 nitrogen and oxygen atoms in total. The number of nitrogens with zero attached hydrogens (tertiary/aromatic N) is 4. The molecule has 0 saturated heterocycles.